The van der Waals surface area contributed by atoms with Gasteiger partial charge in [-0.3, -0.25) is 4.79 Å². The summed E-state index contributed by atoms with van der Waals surface area (Å²) >= 11 is 1.22. The molecular weight excluding hydrogens is 222 g/mol. The molecule has 0 N–H and O–H groups in total. The zero-order valence-corrected chi connectivity index (χ0v) is 10.6. The molecular formula is C11H17N3OS. The highest BCUT2D eigenvalue weighted by Gasteiger charge is 2.25. The second-order valence-electron chi connectivity index (χ2n) is 4.40. The summed E-state index contributed by atoms with van der Waals surface area (Å²) in [7, 11) is 0. The normalized spacial score (nSPS) is 21.1. The van der Waals surface area contributed by atoms with Gasteiger partial charge in [0.2, 0.25) is 0 Å². The maximum atomic E-state index is 12.2. The number of hydrogen-bond acceptors (Lipinski definition) is 4. The van der Waals surface area contributed by atoms with Crippen molar-refractivity contribution < 1.29 is 4.79 Å². The van der Waals surface area contributed by atoms with Crippen LogP contribution >= 0.6 is 11.5 Å². The van der Waals surface area contributed by atoms with Crippen LogP contribution in [0, 0.1) is 5.92 Å². The molecule has 1 aliphatic heterocycles. The Balaban J connectivity index is 2.12. The number of carbonyl (C=O) groups excluding carboxylic acids is 1. The molecule has 0 spiro atoms. The molecule has 1 aliphatic rings. The third-order valence-corrected chi connectivity index (χ3v) is 3.79. The van der Waals surface area contributed by atoms with Gasteiger partial charge in [0.15, 0.2) is 0 Å². The number of nitrogens with zero attached hydrogens (tertiary/aromatic N) is 3. The smallest absolute Gasteiger partial charge is 0.267 e. The van der Waals surface area contributed by atoms with E-state index in [2.05, 4.69) is 16.5 Å². The molecule has 0 saturated carbocycles. The van der Waals surface area contributed by atoms with Crippen LogP contribution in [0.1, 0.15) is 42.1 Å². The number of piperidine rings is 1. The Kier molecular flexibility index (Phi) is 3.53. The van der Waals surface area contributed by atoms with Gasteiger partial charge in [-0.25, -0.2) is 0 Å². The Hall–Kier alpha value is -0.970. The molecule has 1 atom stereocenters. The first-order chi connectivity index (χ1) is 7.72. The zero-order chi connectivity index (χ0) is 11.5. The third-order valence-electron chi connectivity index (χ3n) is 3.03. The number of hydrogen-bond donors (Lipinski definition) is 0. The van der Waals surface area contributed by atoms with Crippen LogP contribution in [0.25, 0.3) is 0 Å². The largest absolute Gasteiger partial charge is 0.338 e. The molecule has 4 nitrogen and oxygen atoms in total. The van der Waals surface area contributed by atoms with E-state index in [1.54, 1.807) is 0 Å². The quantitative estimate of drug-likeness (QED) is 0.792. The Labute approximate surface area is 99.8 Å². The van der Waals surface area contributed by atoms with Crippen LogP contribution in [0.15, 0.2) is 0 Å². The molecule has 2 rings (SSSR count). The molecule has 1 amide bonds. The molecule has 1 aromatic heterocycles. The van der Waals surface area contributed by atoms with Gasteiger partial charge in [0.25, 0.3) is 5.91 Å². The highest BCUT2D eigenvalue weighted by molar-refractivity contribution is 7.07. The second kappa shape index (κ2) is 4.91. The van der Waals surface area contributed by atoms with Crippen LogP contribution in [-0.4, -0.2) is 33.5 Å². The summed E-state index contributed by atoms with van der Waals surface area (Å²) in [5, 5.41) is 3.99. The van der Waals surface area contributed by atoms with E-state index in [0.717, 1.165) is 36.5 Å². The van der Waals surface area contributed by atoms with E-state index in [9.17, 15) is 4.79 Å². The maximum Gasteiger partial charge on any atom is 0.267 e. The number of aromatic nitrogens is 2. The van der Waals surface area contributed by atoms with Gasteiger partial charge in [-0.05, 0) is 36.7 Å². The predicted molar refractivity (Wildman–Crippen MR) is 63.6 cm³/mol. The highest BCUT2D eigenvalue weighted by Crippen LogP contribution is 2.20. The van der Waals surface area contributed by atoms with Crippen LogP contribution in [0.3, 0.4) is 0 Å². The summed E-state index contributed by atoms with van der Waals surface area (Å²) < 4.78 is 3.87. The first-order valence-corrected chi connectivity index (χ1v) is 6.60. The summed E-state index contributed by atoms with van der Waals surface area (Å²) in [5.41, 5.74) is 0.841. The molecule has 1 aromatic rings. The molecule has 0 radical (unpaired) electrons. The molecule has 88 valence electrons. The van der Waals surface area contributed by atoms with Gasteiger partial charge in [-0.2, -0.15) is 0 Å². The summed E-state index contributed by atoms with van der Waals surface area (Å²) in [4.78, 5) is 14.9. The molecule has 1 unspecified atom stereocenters. The molecule has 0 aromatic carbocycles. The Morgan fingerprint density at radius 1 is 1.62 bits per heavy atom. The van der Waals surface area contributed by atoms with Crippen molar-refractivity contribution in [3.05, 3.63) is 10.6 Å². The van der Waals surface area contributed by atoms with Gasteiger partial charge >= 0.3 is 0 Å². The molecule has 5 heteroatoms. The average molecular weight is 239 g/mol. The van der Waals surface area contributed by atoms with Gasteiger partial charge < -0.3 is 4.90 Å². The highest BCUT2D eigenvalue weighted by atomic mass is 32.1. The fourth-order valence-corrected chi connectivity index (χ4v) is 2.84. The van der Waals surface area contributed by atoms with Crippen molar-refractivity contribution in [3.63, 3.8) is 0 Å². The maximum absolute atomic E-state index is 12.2. The minimum atomic E-state index is 0.124. The number of aryl methyl sites for hydroxylation is 1. The van der Waals surface area contributed by atoms with Crippen molar-refractivity contribution in [1.82, 2.24) is 14.5 Å². The standard InChI is InChI=1S/C11H17N3OS/c1-3-9-10(16-13-12-9)11(15)14-6-4-5-8(2)7-14/h8H,3-7H2,1-2H3. The van der Waals surface area contributed by atoms with Crippen molar-refractivity contribution in [2.24, 2.45) is 5.92 Å². The monoisotopic (exact) mass is 239 g/mol. The lowest BCUT2D eigenvalue weighted by atomic mass is 10.00. The lowest BCUT2D eigenvalue weighted by Gasteiger charge is -2.30. The van der Waals surface area contributed by atoms with Crippen molar-refractivity contribution in [3.8, 4) is 0 Å². The lowest BCUT2D eigenvalue weighted by Crippen LogP contribution is -2.39. The van der Waals surface area contributed by atoms with E-state index in [1.165, 1.54) is 18.0 Å². The van der Waals surface area contributed by atoms with Crippen molar-refractivity contribution >= 4 is 17.4 Å². The van der Waals surface area contributed by atoms with E-state index < -0.39 is 0 Å². The van der Waals surface area contributed by atoms with Gasteiger partial charge in [0, 0.05) is 13.1 Å². The van der Waals surface area contributed by atoms with E-state index in [0.29, 0.717) is 5.92 Å². The Morgan fingerprint density at radius 2 is 2.44 bits per heavy atom. The number of carbonyl (C=O) groups is 1. The summed E-state index contributed by atoms with van der Waals surface area (Å²) in [6.07, 6.45) is 3.12. The summed E-state index contributed by atoms with van der Waals surface area (Å²) in [6, 6.07) is 0. The third kappa shape index (κ3) is 2.24. The van der Waals surface area contributed by atoms with Crippen molar-refractivity contribution in [2.45, 2.75) is 33.1 Å². The summed E-state index contributed by atoms with van der Waals surface area (Å²) in [5.74, 6) is 0.738. The first kappa shape index (κ1) is 11.5. The van der Waals surface area contributed by atoms with Gasteiger partial charge in [0.05, 0.1) is 5.69 Å². The number of likely N-dealkylation sites (tertiary alicyclic amines) is 1. The van der Waals surface area contributed by atoms with Crippen molar-refractivity contribution in [1.29, 1.82) is 0 Å². The van der Waals surface area contributed by atoms with Gasteiger partial charge in [-0.15, -0.1) is 5.10 Å². The molecule has 1 fully saturated rings. The van der Waals surface area contributed by atoms with E-state index in [4.69, 9.17) is 0 Å². The van der Waals surface area contributed by atoms with E-state index in [-0.39, 0.29) is 5.91 Å². The lowest BCUT2D eigenvalue weighted by molar-refractivity contribution is 0.0686. The second-order valence-corrected chi connectivity index (χ2v) is 5.15. The molecule has 2 heterocycles. The Morgan fingerprint density at radius 3 is 3.12 bits per heavy atom. The SMILES string of the molecule is CCc1nnsc1C(=O)N1CCCC(C)C1. The molecule has 0 aliphatic carbocycles. The van der Waals surface area contributed by atoms with Crippen LogP contribution in [0.4, 0.5) is 0 Å². The fourth-order valence-electron chi connectivity index (χ4n) is 2.12. The number of amides is 1. The minimum Gasteiger partial charge on any atom is -0.338 e. The number of rotatable bonds is 2. The van der Waals surface area contributed by atoms with Crippen molar-refractivity contribution in [2.75, 3.05) is 13.1 Å². The minimum absolute atomic E-state index is 0.124. The average Bonchev–Trinajstić information content (AvgIpc) is 2.76. The van der Waals surface area contributed by atoms with Crippen LogP contribution in [0.5, 0.6) is 0 Å². The Bertz CT molecular complexity index is 377. The van der Waals surface area contributed by atoms with E-state index >= 15 is 0 Å². The molecule has 1 saturated heterocycles. The zero-order valence-electron chi connectivity index (χ0n) is 9.77. The predicted octanol–water partition coefficient (Wildman–Crippen LogP) is 1.97. The fraction of sp³-hybridized carbons (Fsp3) is 0.727. The first-order valence-electron chi connectivity index (χ1n) is 5.82. The topological polar surface area (TPSA) is 46.1 Å². The van der Waals surface area contributed by atoms with Gasteiger partial charge in [-0.1, -0.05) is 18.3 Å². The van der Waals surface area contributed by atoms with Gasteiger partial charge in [0.1, 0.15) is 4.88 Å². The van der Waals surface area contributed by atoms with Crippen LogP contribution in [0.2, 0.25) is 0 Å². The molecule has 16 heavy (non-hydrogen) atoms. The van der Waals surface area contributed by atoms with E-state index in [1.807, 2.05) is 11.8 Å². The van der Waals surface area contributed by atoms with Crippen LogP contribution in [-0.2, 0) is 6.42 Å². The molecule has 0 bridgehead atoms. The summed E-state index contributed by atoms with van der Waals surface area (Å²) in [6.45, 7) is 5.96. The van der Waals surface area contributed by atoms with Crippen LogP contribution < -0.4 is 0 Å².